The summed E-state index contributed by atoms with van der Waals surface area (Å²) in [5.74, 6) is 0.706. The van der Waals surface area contributed by atoms with Crippen molar-refractivity contribution in [2.75, 3.05) is 16.8 Å². The molecule has 1 unspecified atom stereocenters. The van der Waals surface area contributed by atoms with Crippen molar-refractivity contribution >= 4 is 23.2 Å². The van der Waals surface area contributed by atoms with Gasteiger partial charge in [-0.2, -0.15) is 0 Å². The lowest BCUT2D eigenvalue weighted by Crippen LogP contribution is -2.30. The zero-order valence-corrected chi connectivity index (χ0v) is 16.2. The standard InChI is InChI=1S/C23H26N2O3/c1-16(28-21-13-8-17-5-2-3-6-18(17)15-21)23(27)24-19-9-11-20(12-10-19)25-14-4-7-22(25)26/h8-13,15-16H,2-7,14H2,1H3,(H,24,27). The van der Waals surface area contributed by atoms with Gasteiger partial charge in [0.2, 0.25) is 5.91 Å². The van der Waals surface area contributed by atoms with Gasteiger partial charge in [-0.05, 0) is 86.6 Å². The number of fused-ring (bicyclic) bond motifs is 1. The van der Waals surface area contributed by atoms with Gasteiger partial charge in [0.15, 0.2) is 6.10 Å². The van der Waals surface area contributed by atoms with Gasteiger partial charge in [0.05, 0.1) is 0 Å². The second kappa shape index (κ2) is 8.05. The van der Waals surface area contributed by atoms with Crippen LogP contribution >= 0.6 is 0 Å². The fourth-order valence-electron chi connectivity index (χ4n) is 3.93. The number of nitrogens with zero attached hydrogens (tertiary/aromatic N) is 1. The van der Waals surface area contributed by atoms with E-state index in [0.717, 1.165) is 37.2 Å². The van der Waals surface area contributed by atoms with Crippen LogP contribution in [0.1, 0.15) is 43.7 Å². The molecule has 0 bridgehead atoms. The van der Waals surface area contributed by atoms with Crippen LogP contribution in [0, 0.1) is 0 Å². The quantitative estimate of drug-likeness (QED) is 0.852. The first kappa shape index (κ1) is 18.5. The first-order valence-corrected chi connectivity index (χ1v) is 10.1. The lowest BCUT2D eigenvalue weighted by Gasteiger charge is -2.19. The zero-order chi connectivity index (χ0) is 19.5. The summed E-state index contributed by atoms with van der Waals surface area (Å²) in [6.07, 6.45) is 5.58. The number of ether oxygens (including phenoxy) is 1. The summed E-state index contributed by atoms with van der Waals surface area (Å²) in [6.45, 7) is 2.52. The van der Waals surface area contributed by atoms with Gasteiger partial charge in [-0.25, -0.2) is 0 Å². The summed E-state index contributed by atoms with van der Waals surface area (Å²) in [5, 5.41) is 2.89. The first-order valence-electron chi connectivity index (χ1n) is 10.1. The minimum Gasteiger partial charge on any atom is -0.481 e. The van der Waals surface area contributed by atoms with Gasteiger partial charge in [-0.15, -0.1) is 0 Å². The minimum atomic E-state index is -0.596. The molecule has 1 aliphatic carbocycles. The summed E-state index contributed by atoms with van der Waals surface area (Å²) < 4.78 is 5.87. The van der Waals surface area contributed by atoms with Crippen molar-refractivity contribution in [2.45, 2.75) is 51.6 Å². The summed E-state index contributed by atoms with van der Waals surface area (Å²) in [7, 11) is 0. The van der Waals surface area contributed by atoms with Crippen LogP contribution in [0.3, 0.4) is 0 Å². The van der Waals surface area contributed by atoms with E-state index in [1.165, 1.54) is 24.0 Å². The van der Waals surface area contributed by atoms with Crippen LogP contribution in [-0.4, -0.2) is 24.5 Å². The van der Waals surface area contributed by atoms with Crippen LogP contribution in [0.5, 0.6) is 5.75 Å². The Morgan fingerprint density at radius 2 is 1.75 bits per heavy atom. The fourth-order valence-corrected chi connectivity index (χ4v) is 3.93. The average Bonchev–Trinajstić information content (AvgIpc) is 3.14. The van der Waals surface area contributed by atoms with Crippen LogP contribution in [0.15, 0.2) is 42.5 Å². The maximum atomic E-state index is 12.5. The van der Waals surface area contributed by atoms with Crippen molar-refractivity contribution in [1.82, 2.24) is 0 Å². The van der Waals surface area contributed by atoms with Crippen LogP contribution in [0.4, 0.5) is 11.4 Å². The van der Waals surface area contributed by atoms with E-state index in [0.29, 0.717) is 12.1 Å². The molecular weight excluding hydrogens is 352 g/mol. The van der Waals surface area contributed by atoms with Gasteiger partial charge < -0.3 is 15.0 Å². The minimum absolute atomic E-state index is 0.156. The van der Waals surface area contributed by atoms with Gasteiger partial charge in [-0.1, -0.05) is 6.07 Å². The Morgan fingerprint density at radius 1 is 1.00 bits per heavy atom. The van der Waals surface area contributed by atoms with Crippen molar-refractivity contribution in [3.05, 3.63) is 53.6 Å². The van der Waals surface area contributed by atoms with E-state index in [9.17, 15) is 9.59 Å². The Morgan fingerprint density at radius 3 is 2.46 bits per heavy atom. The number of nitrogens with one attached hydrogen (secondary N) is 1. The molecule has 28 heavy (non-hydrogen) atoms. The Hall–Kier alpha value is -2.82. The van der Waals surface area contributed by atoms with E-state index in [2.05, 4.69) is 17.4 Å². The third-order valence-electron chi connectivity index (χ3n) is 5.52. The monoisotopic (exact) mass is 378 g/mol. The molecule has 1 N–H and O–H groups in total. The lowest BCUT2D eigenvalue weighted by atomic mass is 9.92. The molecule has 0 radical (unpaired) electrons. The smallest absolute Gasteiger partial charge is 0.265 e. The number of hydrogen-bond acceptors (Lipinski definition) is 3. The maximum Gasteiger partial charge on any atom is 0.265 e. The van der Waals surface area contributed by atoms with Crippen LogP contribution < -0.4 is 15.0 Å². The number of amides is 2. The Bertz CT molecular complexity index is 876. The molecule has 1 saturated heterocycles. The number of carbonyl (C=O) groups excluding carboxylic acids is 2. The maximum absolute atomic E-state index is 12.5. The highest BCUT2D eigenvalue weighted by atomic mass is 16.5. The van der Waals surface area contributed by atoms with Crippen LogP contribution in [-0.2, 0) is 22.4 Å². The van der Waals surface area contributed by atoms with Crippen molar-refractivity contribution < 1.29 is 14.3 Å². The van der Waals surface area contributed by atoms with Crippen molar-refractivity contribution in [3.63, 3.8) is 0 Å². The third kappa shape index (κ3) is 4.03. The normalized spacial score (nSPS) is 17.2. The number of aryl methyl sites for hydroxylation is 2. The van der Waals surface area contributed by atoms with Crippen LogP contribution in [0.2, 0.25) is 0 Å². The lowest BCUT2D eigenvalue weighted by molar-refractivity contribution is -0.122. The molecule has 2 amide bonds. The van der Waals surface area contributed by atoms with Crippen LogP contribution in [0.25, 0.3) is 0 Å². The molecule has 2 aromatic rings. The average molecular weight is 378 g/mol. The van der Waals surface area contributed by atoms with Gasteiger partial charge in [0.25, 0.3) is 5.91 Å². The first-order chi connectivity index (χ1) is 13.6. The second-order valence-corrected chi connectivity index (χ2v) is 7.58. The fraction of sp³-hybridized carbons (Fsp3) is 0.391. The molecular formula is C23H26N2O3. The molecule has 2 aromatic carbocycles. The van der Waals surface area contributed by atoms with Crippen molar-refractivity contribution in [3.8, 4) is 5.75 Å². The molecule has 4 rings (SSSR count). The van der Waals surface area contributed by atoms with Crippen molar-refractivity contribution in [1.29, 1.82) is 0 Å². The number of carbonyl (C=O) groups is 2. The molecule has 1 atom stereocenters. The Labute approximate surface area is 165 Å². The topological polar surface area (TPSA) is 58.6 Å². The van der Waals surface area contributed by atoms with Gasteiger partial charge in [0, 0.05) is 24.3 Å². The Balaban J connectivity index is 1.36. The highest BCUT2D eigenvalue weighted by Gasteiger charge is 2.22. The second-order valence-electron chi connectivity index (χ2n) is 7.58. The molecule has 1 heterocycles. The number of benzene rings is 2. The highest BCUT2D eigenvalue weighted by Crippen LogP contribution is 2.26. The predicted molar refractivity (Wildman–Crippen MR) is 110 cm³/mol. The summed E-state index contributed by atoms with van der Waals surface area (Å²) >= 11 is 0. The van der Waals surface area contributed by atoms with E-state index in [-0.39, 0.29) is 11.8 Å². The SMILES string of the molecule is CC(Oc1ccc2c(c1)CCCC2)C(=O)Nc1ccc(N2CCCC2=O)cc1. The number of rotatable bonds is 5. The molecule has 0 spiro atoms. The van der Waals surface area contributed by atoms with E-state index in [1.807, 2.05) is 30.3 Å². The summed E-state index contributed by atoms with van der Waals surface area (Å²) in [6, 6.07) is 13.5. The molecule has 1 fully saturated rings. The molecule has 0 aromatic heterocycles. The number of anilines is 2. The van der Waals surface area contributed by atoms with E-state index < -0.39 is 6.10 Å². The van der Waals surface area contributed by atoms with Crippen molar-refractivity contribution in [2.24, 2.45) is 0 Å². The Kier molecular flexibility index (Phi) is 5.33. The molecule has 1 aliphatic heterocycles. The van der Waals surface area contributed by atoms with Gasteiger partial charge in [-0.3, -0.25) is 9.59 Å². The third-order valence-corrected chi connectivity index (χ3v) is 5.52. The zero-order valence-electron chi connectivity index (χ0n) is 16.2. The van der Waals surface area contributed by atoms with Gasteiger partial charge >= 0.3 is 0 Å². The molecule has 0 saturated carbocycles. The molecule has 5 nitrogen and oxygen atoms in total. The van der Waals surface area contributed by atoms with E-state index in [1.54, 1.807) is 11.8 Å². The van der Waals surface area contributed by atoms with E-state index >= 15 is 0 Å². The molecule has 2 aliphatic rings. The highest BCUT2D eigenvalue weighted by molar-refractivity contribution is 5.96. The van der Waals surface area contributed by atoms with Gasteiger partial charge in [0.1, 0.15) is 5.75 Å². The molecule has 5 heteroatoms. The summed E-state index contributed by atoms with van der Waals surface area (Å²) in [4.78, 5) is 26.1. The van der Waals surface area contributed by atoms with E-state index in [4.69, 9.17) is 4.74 Å². The molecule has 146 valence electrons. The largest absolute Gasteiger partial charge is 0.481 e. The summed E-state index contributed by atoms with van der Waals surface area (Å²) in [5.41, 5.74) is 4.30. The number of hydrogen-bond donors (Lipinski definition) is 1. The predicted octanol–water partition coefficient (Wildman–Crippen LogP) is 4.10.